The molecular formula is C18H24O4. The zero-order valence-corrected chi connectivity index (χ0v) is 13.3. The predicted octanol–water partition coefficient (Wildman–Crippen LogP) is 3.32. The highest BCUT2D eigenvalue weighted by Gasteiger charge is 2.53. The highest BCUT2D eigenvalue weighted by molar-refractivity contribution is 5.67. The number of carbonyl (C=O) groups is 2. The molecule has 4 nitrogen and oxygen atoms in total. The minimum absolute atomic E-state index is 0.104. The Morgan fingerprint density at radius 2 is 1.41 bits per heavy atom. The van der Waals surface area contributed by atoms with E-state index in [-0.39, 0.29) is 35.0 Å². The van der Waals surface area contributed by atoms with Gasteiger partial charge in [-0.05, 0) is 43.9 Å². The van der Waals surface area contributed by atoms with Gasteiger partial charge in [-0.15, -0.1) is 0 Å². The standard InChI is InChI=1S/C18H24O4/c1-13(19)21-15-5-11-17-7-3-9-18(17,10-4-8-17)12-6-16(15)22-14(2)20/h3-4,7-8,15-16H,5-6,9-12H2,1-2H3/t15-,16-,17?,18?/m1/s1. The molecule has 0 heterocycles. The van der Waals surface area contributed by atoms with Gasteiger partial charge in [-0.3, -0.25) is 9.59 Å². The summed E-state index contributed by atoms with van der Waals surface area (Å²) >= 11 is 0. The van der Waals surface area contributed by atoms with Crippen LogP contribution >= 0.6 is 0 Å². The monoisotopic (exact) mass is 304 g/mol. The lowest BCUT2D eigenvalue weighted by molar-refractivity contribution is -0.169. The number of hydrogen-bond donors (Lipinski definition) is 0. The summed E-state index contributed by atoms with van der Waals surface area (Å²) in [6.45, 7) is 2.83. The van der Waals surface area contributed by atoms with Crippen molar-refractivity contribution in [3.8, 4) is 0 Å². The zero-order chi connectivity index (χ0) is 15.8. The van der Waals surface area contributed by atoms with Gasteiger partial charge in [-0.2, -0.15) is 0 Å². The second kappa shape index (κ2) is 5.56. The summed E-state index contributed by atoms with van der Waals surface area (Å²) in [5.74, 6) is -0.615. The topological polar surface area (TPSA) is 52.6 Å². The molecule has 1 fully saturated rings. The maximum absolute atomic E-state index is 11.4. The summed E-state index contributed by atoms with van der Waals surface area (Å²) in [6.07, 6.45) is 14.2. The molecule has 4 heteroatoms. The van der Waals surface area contributed by atoms with Gasteiger partial charge in [-0.1, -0.05) is 24.3 Å². The van der Waals surface area contributed by atoms with Crippen LogP contribution in [0.1, 0.15) is 52.4 Å². The first kappa shape index (κ1) is 15.3. The molecule has 120 valence electrons. The summed E-state index contributed by atoms with van der Waals surface area (Å²) in [7, 11) is 0. The fraction of sp³-hybridized carbons (Fsp3) is 0.667. The highest BCUT2D eigenvalue weighted by Crippen LogP contribution is 2.62. The molecule has 0 N–H and O–H groups in total. The van der Waals surface area contributed by atoms with Crippen LogP contribution in [0, 0.1) is 10.8 Å². The third-order valence-corrected chi connectivity index (χ3v) is 5.63. The summed E-state index contributed by atoms with van der Waals surface area (Å²) in [4.78, 5) is 22.8. The van der Waals surface area contributed by atoms with Crippen molar-refractivity contribution < 1.29 is 19.1 Å². The van der Waals surface area contributed by atoms with Crippen molar-refractivity contribution in [1.29, 1.82) is 0 Å². The van der Waals surface area contributed by atoms with Crippen molar-refractivity contribution in [2.24, 2.45) is 10.8 Å². The number of ether oxygens (including phenoxy) is 2. The molecule has 0 aromatic heterocycles. The zero-order valence-electron chi connectivity index (χ0n) is 13.3. The van der Waals surface area contributed by atoms with E-state index in [9.17, 15) is 9.59 Å². The van der Waals surface area contributed by atoms with Gasteiger partial charge in [-0.25, -0.2) is 0 Å². The van der Waals surface area contributed by atoms with Crippen LogP contribution in [0.15, 0.2) is 24.3 Å². The van der Waals surface area contributed by atoms with E-state index in [4.69, 9.17) is 9.47 Å². The van der Waals surface area contributed by atoms with Crippen LogP contribution in [-0.2, 0) is 19.1 Å². The molecule has 0 aliphatic heterocycles. The van der Waals surface area contributed by atoms with Crippen molar-refractivity contribution >= 4 is 11.9 Å². The third kappa shape index (κ3) is 2.49. The second-order valence-corrected chi connectivity index (χ2v) is 6.91. The van der Waals surface area contributed by atoms with Crippen molar-refractivity contribution in [2.45, 2.75) is 64.6 Å². The Labute approximate surface area is 131 Å². The molecule has 0 spiro atoms. The molecule has 3 aliphatic carbocycles. The summed E-state index contributed by atoms with van der Waals surface area (Å²) in [5, 5.41) is 0. The Kier molecular flexibility index (Phi) is 3.87. The summed E-state index contributed by atoms with van der Waals surface area (Å²) in [6, 6.07) is 0. The van der Waals surface area contributed by atoms with Gasteiger partial charge in [0, 0.05) is 19.3 Å². The molecule has 0 saturated heterocycles. The molecule has 0 bridgehead atoms. The molecule has 1 saturated carbocycles. The number of hydrogen-bond acceptors (Lipinski definition) is 4. The van der Waals surface area contributed by atoms with Crippen molar-refractivity contribution in [2.75, 3.05) is 0 Å². The van der Waals surface area contributed by atoms with Gasteiger partial charge in [0.2, 0.25) is 0 Å². The fourth-order valence-corrected chi connectivity index (χ4v) is 4.60. The van der Waals surface area contributed by atoms with Crippen molar-refractivity contribution in [3.05, 3.63) is 24.3 Å². The van der Waals surface area contributed by atoms with Crippen LogP contribution in [-0.4, -0.2) is 24.1 Å². The summed E-state index contributed by atoms with van der Waals surface area (Å²) < 4.78 is 10.9. The van der Waals surface area contributed by atoms with Crippen molar-refractivity contribution in [3.63, 3.8) is 0 Å². The maximum atomic E-state index is 11.4. The lowest BCUT2D eigenvalue weighted by Gasteiger charge is -2.44. The van der Waals surface area contributed by atoms with Gasteiger partial charge in [0.15, 0.2) is 0 Å². The Morgan fingerprint density at radius 3 is 1.91 bits per heavy atom. The van der Waals surface area contributed by atoms with Gasteiger partial charge in [0.05, 0.1) is 0 Å². The molecule has 0 unspecified atom stereocenters. The SMILES string of the molecule is CC(=O)O[C@@H]1CCC23C=CCC2(CC=C3)CC[C@H]1OC(C)=O. The third-order valence-electron chi connectivity index (χ3n) is 5.63. The number of esters is 2. The van der Waals surface area contributed by atoms with Gasteiger partial charge >= 0.3 is 11.9 Å². The van der Waals surface area contributed by atoms with Crippen molar-refractivity contribution in [1.82, 2.24) is 0 Å². The highest BCUT2D eigenvalue weighted by atomic mass is 16.6. The first-order valence-electron chi connectivity index (χ1n) is 8.16. The van der Waals surface area contributed by atoms with Crippen LogP contribution in [0.25, 0.3) is 0 Å². The van der Waals surface area contributed by atoms with Crippen LogP contribution in [0.2, 0.25) is 0 Å². The van der Waals surface area contributed by atoms with E-state index in [1.165, 1.54) is 13.8 Å². The van der Waals surface area contributed by atoms with E-state index in [2.05, 4.69) is 24.3 Å². The van der Waals surface area contributed by atoms with Gasteiger partial charge in [0.25, 0.3) is 0 Å². The first-order valence-corrected chi connectivity index (χ1v) is 8.16. The molecule has 0 radical (unpaired) electrons. The second-order valence-electron chi connectivity index (χ2n) is 6.91. The smallest absolute Gasteiger partial charge is 0.303 e. The average Bonchev–Trinajstić information content (AvgIpc) is 2.91. The van der Waals surface area contributed by atoms with E-state index < -0.39 is 0 Å². The Balaban J connectivity index is 1.83. The Hall–Kier alpha value is -1.58. The molecular weight excluding hydrogens is 280 g/mol. The van der Waals surface area contributed by atoms with Crippen LogP contribution < -0.4 is 0 Å². The predicted molar refractivity (Wildman–Crippen MR) is 82.0 cm³/mol. The molecule has 0 amide bonds. The van der Waals surface area contributed by atoms with Crippen LogP contribution in [0.3, 0.4) is 0 Å². The maximum Gasteiger partial charge on any atom is 0.303 e. The Bertz CT molecular complexity index is 515. The largest absolute Gasteiger partial charge is 0.459 e. The summed E-state index contributed by atoms with van der Waals surface area (Å²) in [5.41, 5.74) is 0.346. The normalized spacial score (nSPS) is 39.5. The van der Waals surface area contributed by atoms with Gasteiger partial charge in [0.1, 0.15) is 12.2 Å². The average molecular weight is 304 g/mol. The van der Waals surface area contributed by atoms with Crippen LogP contribution in [0.4, 0.5) is 0 Å². The number of carbonyl (C=O) groups excluding carboxylic acids is 2. The lowest BCUT2D eigenvalue weighted by Crippen LogP contribution is -2.42. The fourth-order valence-electron chi connectivity index (χ4n) is 4.60. The lowest BCUT2D eigenvalue weighted by atomic mass is 9.61. The van der Waals surface area contributed by atoms with Crippen LogP contribution in [0.5, 0.6) is 0 Å². The molecule has 0 aromatic rings. The van der Waals surface area contributed by atoms with Gasteiger partial charge < -0.3 is 9.47 Å². The van der Waals surface area contributed by atoms with E-state index in [0.717, 1.165) is 38.5 Å². The Morgan fingerprint density at radius 1 is 0.909 bits per heavy atom. The first-order chi connectivity index (χ1) is 10.5. The molecule has 3 rings (SSSR count). The quantitative estimate of drug-likeness (QED) is 0.580. The molecule has 22 heavy (non-hydrogen) atoms. The molecule has 2 atom stereocenters. The van der Waals surface area contributed by atoms with E-state index >= 15 is 0 Å². The minimum Gasteiger partial charge on any atom is -0.459 e. The number of allylic oxidation sites excluding steroid dienone is 4. The van der Waals surface area contributed by atoms with E-state index in [1.54, 1.807) is 0 Å². The molecule has 0 aromatic carbocycles. The number of rotatable bonds is 2. The van der Waals surface area contributed by atoms with E-state index in [1.807, 2.05) is 0 Å². The molecule has 3 aliphatic rings. The minimum atomic E-state index is -0.336. The van der Waals surface area contributed by atoms with E-state index in [0.29, 0.717) is 0 Å².